The van der Waals surface area contributed by atoms with Crippen LogP contribution in [0.3, 0.4) is 0 Å². The summed E-state index contributed by atoms with van der Waals surface area (Å²) < 4.78 is 12.1. The van der Waals surface area contributed by atoms with Crippen molar-refractivity contribution >= 4 is 5.91 Å². The van der Waals surface area contributed by atoms with Gasteiger partial charge in [0.05, 0.1) is 6.54 Å². The molecule has 35 heavy (non-hydrogen) atoms. The Morgan fingerprint density at radius 3 is 2.63 bits per heavy atom. The third-order valence-electron chi connectivity index (χ3n) is 5.71. The van der Waals surface area contributed by atoms with Gasteiger partial charge in [0, 0.05) is 29.8 Å². The number of fused-ring (bicyclic) bond motifs is 1. The normalized spacial score (nSPS) is 14.1. The van der Waals surface area contributed by atoms with Crippen LogP contribution in [0.2, 0.25) is 0 Å². The highest BCUT2D eigenvalue weighted by Crippen LogP contribution is 2.32. The van der Waals surface area contributed by atoms with Crippen LogP contribution in [-0.4, -0.2) is 41.3 Å². The molecule has 5 heteroatoms. The van der Waals surface area contributed by atoms with E-state index in [1.165, 1.54) is 0 Å². The number of carbonyl (C=O) groups is 1. The zero-order valence-electron chi connectivity index (χ0n) is 20.5. The maximum absolute atomic E-state index is 13.4. The van der Waals surface area contributed by atoms with Crippen LogP contribution in [0, 0.1) is 11.8 Å². The van der Waals surface area contributed by atoms with Crippen LogP contribution >= 0.6 is 0 Å². The number of aliphatic hydroxyl groups is 1. The number of amides is 1. The second kappa shape index (κ2) is 10.8. The average Bonchev–Trinajstić information content (AvgIpc) is 3.08. The van der Waals surface area contributed by atoms with Gasteiger partial charge < -0.3 is 19.5 Å². The average molecular weight is 470 g/mol. The Morgan fingerprint density at radius 1 is 1.09 bits per heavy atom. The fraction of sp³-hybridized carbons (Fsp3) is 0.300. The number of nitrogens with zero attached hydrogens (tertiary/aromatic N) is 1. The molecule has 0 saturated carbocycles. The minimum atomic E-state index is -1.09. The van der Waals surface area contributed by atoms with Crippen LogP contribution in [0.5, 0.6) is 5.75 Å². The van der Waals surface area contributed by atoms with Crippen molar-refractivity contribution in [3.63, 3.8) is 0 Å². The largest absolute Gasteiger partial charge is 0.491 e. The highest BCUT2D eigenvalue weighted by molar-refractivity contribution is 5.94. The fourth-order valence-electron chi connectivity index (χ4n) is 4.07. The maximum atomic E-state index is 13.4. The monoisotopic (exact) mass is 469 g/mol. The summed E-state index contributed by atoms with van der Waals surface area (Å²) in [7, 11) is 0. The Balaban J connectivity index is 1.60. The van der Waals surface area contributed by atoms with Crippen molar-refractivity contribution in [2.24, 2.45) is 0 Å². The number of benzene rings is 3. The van der Waals surface area contributed by atoms with Gasteiger partial charge in [-0.1, -0.05) is 54.3 Å². The summed E-state index contributed by atoms with van der Waals surface area (Å²) in [6.07, 6.45) is -0.190. The molecule has 0 aromatic heterocycles. The summed E-state index contributed by atoms with van der Waals surface area (Å²) in [5.74, 6) is 6.45. The van der Waals surface area contributed by atoms with Crippen molar-refractivity contribution in [1.82, 2.24) is 4.90 Å². The molecule has 0 aliphatic carbocycles. The fourth-order valence-corrected chi connectivity index (χ4v) is 4.07. The molecule has 4 rings (SSSR count). The molecule has 0 radical (unpaired) electrons. The summed E-state index contributed by atoms with van der Waals surface area (Å²) in [5, 5.41) is 9.88. The Labute approximate surface area is 207 Å². The topological polar surface area (TPSA) is 59.0 Å². The number of ether oxygens (including phenoxy) is 2. The van der Waals surface area contributed by atoms with Gasteiger partial charge in [0.25, 0.3) is 5.91 Å². The van der Waals surface area contributed by atoms with Gasteiger partial charge in [-0.05, 0) is 62.2 Å². The molecule has 1 N–H and O–H groups in total. The lowest BCUT2D eigenvalue weighted by Gasteiger charge is -2.22. The summed E-state index contributed by atoms with van der Waals surface area (Å²) in [6, 6.07) is 23.4. The lowest BCUT2D eigenvalue weighted by atomic mass is 9.98. The number of rotatable bonds is 5. The van der Waals surface area contributed by atoms with Crippen LogP contribution < -0.4 is 4.74 Å². The van der Waals surface area contributed by atoms with E-state index in [4.69, 9.17) is 9.47 Å². The van der Waals surface area contributed by atoms with E-state index >= 15 is 0 Å². The first-order valence-electron chi connectivity index (χ1n) is 11.9. The molecule has 1 aliphatic heterocycles. The molecule has 3 aromatic carbocycles. The molecule has 1 heterocycles. The SMILES string of the molecule is CCO[C@@H](c1ccccc1)c1ccc2c(c1)CN(C(=O)c1cccc(C#CC(C)(C)O)c1)CCO2. The quantitative estimate of drug-likeness (QED) is 0.536. The van der Waals surface area contributed by atoms with E-state index in [9.17, 15) is 9.90 Å². The summed E-state index contributed by atoms with van der Waals surface area (Å²) in [6.45, 7) is 7.18. The molecule has 0 spiro atoms. The van der Waals surface area contributed by atoms with E-state index in [-0.39, 0.29) is 12.0 Å². The van der Waals surface area contributed by atoms with Crippen molar-refractivity contribution in [3.05, 3.63) is 101 Å². The van der Waals surface area contributed by atoms with Gasteiger partial charge in [-0.3, -0.25) is 4.79 Å². The first-order valence-corrected chi connectivity index (χ1v) is 11.9. The zero-order valence-corrected chi connectivity index (χ0v) is 20.5. The van der Waals surface area contributed by atoms with E-state index in [0.29, 0.717) is 37.4 Å². The van der Waals surface area contributed by atoms with Crippen LogP contribution in [-0.2, 0) is 11.3 Å². The van der Waals surface area contributed by atoms with Crippen molar-refractivity contribution in [3.8, 4) is 17.6 Å². The van der Waals surface area contributed by atoms with E-state index in [0.717, 1.165) is 22.4 Å². The predicted octanol–water partition coefficient (Wildman–Crippen LogP) is 4.97. The number of hydrogen-bond acceptors (Lipinski definition) is 4. The van der Waals surface area contributed by atoms with Gasteiger partial charge in [0.1, 0.15) is 24.1 Å². The van der Waals surface area contributed by atoms with Gasteiger partial charge in [0.15, 0.2) is 0 Å². The van der Waals surface area contributed by atoms with Gasteiger partial charge in [0.2, 0.25) is 0 Å². The third kappa shape index (κ3) is 6.30. The highest BCUT2D eigenvalue weighted by atomic mass is 16.5. The number of hydrogen-bond donors (Lipinski definition) is 1. The molecular weight excluding hydrogens is 438 g/mol. The first-order chi connectivity index (χ1) is 16.8. The van der Waals surface area contributed by atoms with Gasteiger partial charge in [-0.15, -0.1) is 0 Å². The van der Waals surface area contributed by atoms with Crippen molar-refractivity contribution in [2.45, 2.75) is 39.0 Å². The minimum Gasteiger partial charge on any atom is -0.491 e. The van der Waals surface area contributed by atoms with Crippen LogP contribution in [0.25, 0.3) is 0 Å². The summed E-state index contributed by atoms with van der Waals surface area (Å²) >= 11 is 0. The molecule has 1 atom stereocenters. The molecule has 180 valence electrons. The molecule has 1 amide bonds. The van der Waals surface area contributed by atoms with Gasteiger partial charge in [-0.25, -0.2) is 0 Å². The van der Waals surface area contributed by atoms with Crippen LogP contribution in [0.4, 0.5) is 0 Å². The van der Waals surface area contributed by atoms with Crippen LogP contribution in [0.1, 0.15) is 59.5 Å². The van der Waals surface area contributed by atoms with E-state index in [1.54, 1.807) is 30.9 Å². The first kappa shape index (κ1) is 24.5. The second-order valence-electron chi connectivity index (χ2n) is 9.08. The smallest absolute Gasteiger partial charge is 0.254 e. The van der Waals surface area contributed by atoms with E-state index < -0.39 is 5.60 Å². The zero-order chi connectivity index (χ0) is 24.8. The summed E-state index contributed by atoms with van der Waals surface area (Å²) in [5.41, 5.74) is 3.21. The van der Waals surface area contributed by atoms with Crippen molar-refractivity contribution < 1.29 is 19.4 Å². The van der Waals surface area contributed by atoms with Gasteiger partial charge >= 0.3 is 0 Å². The molecular formula is C30H31NO4. The second-order valence-corrected chi connectivity index (χ2v) is 9.08. The molecule has 0 bridgehead atoms. The molecule has 1 aliphatic rings. The lowest BCUT2D eigenvalue weighted by Crippen LogP contribution is -2.32. The van der Waals surface area contributed by atoms with E-state index in [1.807, 2.05) is 49.4 Å². The van der Waals surface area contributed by atoms with Gasteiger partial charge in [-0.2, -0.15) is 0 Å². The lowest BCUT2D eigenvalue weighted by molar-refractivity contribution is 0.0733. The Hall–Kier alpha value is -3.59. The highest BCUT2D eigenvalue weighted by Gasteiger charge is 2.23. The van der Waals surface area contributed by atoms with Crippen molar-refractivity contribution in [2.75, 3.05) is 19.8 Å². The third-order valence-corrected chi connectivity index (χ3v) is 5.71. The molecule has 0 unspecified atom stereocenters. The summed E-state index contributed by atoms with van der Waals surface area (Å²) in [4.78, 5) is 15.2. The Morgan fingerprint density at radius 2 is 1.89 bits per heavy atom. The molecule has 3 aromatic rings. The molecule has 5 nitrogen and oxygen atoms in total. The Kier molecular flexibility index (Phi) is 7.55. The predicted molar refractivity (Wildman–Crippen MR) is 136 cm³/mol. The standard InChI is InChI=1S/C30H31NO4/c1-4-34-28(23-10-6-5-7-11-23)24-13-14-27-26(20-24)21-31(17-18-35-27)29(32)25-12-8-9-22(19-25)15-16-30(2,3)33/h5-14,19-20,28,33H,4,17-18,21H2,1-3H3/t28-/m0/s1. The minimum absolute atomic E-state index is 0.0804. The Bertz CT molecular complexity index is 1230. The molecule has 0 fully saturated rings. The van der Waals surface area contributed by atoms with Crippen molar-refractivity contribution in [1.29, 1.82) is 0 Å². The van der Waals surface area contributed by atoms with Crippen LogP contribution in [0.15, 0.2) is 72.8 Å². The maximum Gasteiger partial charge on any atom is 0.254 e. The molecule has 0 saturated heterocycles. The van der Waals surface area contributed by atoms with E-state index in [2.05, 4.69) is 30.0 Å². The number of carbonyl (C=O) groups excluding carboxylic acids is 1.